The molecule has 1 aromatic rings. The molecule has 0 saturated carbocycles. The molecule has 130 valence electrons. The molecule has 0 atom stereocenters. The van der Waals surface area contributed by atoms with E-state index in [0.717, 1.165) is 0 Å². The van der Waals surface area contributed by atoms with Crippen molar-refractivity contribution in [1.82, 2.24) is 5.32 Å². The average molecular weight is 405 g/mol. The van der Waals surface area contributed by atoms with Crippen LogP contribution in [0.2, 0.25) is 0 Å². The minimum absolute atomic E-state index is 0. The molecule has 2 N–H and O–H groups in total. The van der Waals surface area contributed by atoms with E-state index in [1.807, 2.05) is 0 Å². The zero-order valence-corrected chi connectivity index (χ0v) is 14.3. The van der Waals surface area contributed by atoms with Crippen molar-refractivity contribution < 1.29 is 31.0 Å². The van der Waals surface area contributed by atoms with Gasteiger partial charge in [-0.15, -0.1) is 12.6 Å². The Kier molecular flexibility index (Phi) is 9.72. The Hall–Kier alpha value is -0.430. The van der Waals surface area contributed by atoms with Crippen LogP contribution in [0, 0.1) is 0 Å². The third-order valence-corrected chi connectivity index (χ3v) is 5.32. The summed E-state index contributed by atoms with van der Waals surface area (Å²) in [4.78, 5) is 23.6. The molecular formula is C12H16NNaO7S3. The van der Waals surface area contributed by atoms with Gasteiger partial charge in [0.25, 0.3) is 15.2 Å². The molecule has 0 bridgehead atoms. The van der Waals surface area contributed by atoms with Crippen LogP contribution in [0.3, 0.4) is 0 Å². The standard InChI is InChI=1S/C12H15NO7S3.Na.H/c14-11(13-6-8-23(18,19)20)5-7-22(16,17)12(15)9-3-1-2-4-10(9)21;;/h1-4,21H,5-8H2,(H,13,14)(H,18,19,20);;. The molecule has 0 spiro atoms. The first-order chi connectivity index (χ1) is 10.5. The summed E-state index contributed by atoms with van der Waals surface area (Å²) in [6, 6.07) is 5.86. The predicted molar refractivity (Wildman–Crippen MR) is 93.0 cm³/mol. The van der Waals surface area contributed by atoms with Crippen LogP contribution in [-0.2, 0) is 24.7 Å². The van der Waals surface area contributed by atoms with Gasteiger partial charge in [0.05, 0.1) is 11.5 Å². The van der Waals surface area contributed by atoms with Gasteiger partial charge in [-0.05, 0) is 12.1 Å². The van der Waals surface area contributed by atoms with Gasteiger partial charge in [0.15, 0.2) is 0 Å². The van der Waals surface area contributed by atoms with Crippen LogP contribution in [-0.4, -0.2) is 80.0 Å². The number of benzene rings is 1. The van der Waals surface area contributed by atoms with E-state index in [2.05, 4.69) is 17.9 Å². The molecule has 0 radical (unpaired) electrons. The number of rotatable bonds is 7. The second kappa shape index (κ2) is 9.90. The fourth-order valence-electron chi connectivity index (χ4n) is 1.54. The summed E-state index contributed by atoms with van der Waals surface area (Å²) in [5.41, 5.74) is -0.0809. The number of carbonyl (C=O) groups excluding carboxylic acids is 2. The third kappa shape index (κ3) is 8.10. The van der Waals surface area contributed by atoms with E-state index in [0.29, 0.717) is 0 Å². The van der Waals surface area contributed by atoms with E-state index in [4.69, 9.17) is 4.55 Å². The van der Waals surface area contributed by atoms with Crippen molar-refractivity contribution >= 4 is 73.2 Å². The van der Waals surface area contributed by atoms with E-state index in [9.17, 15) is 26.4 Å². The van der Waals surface area contributed by atoms with Crippen LogP contribution < -0.4 is 5.32 Å². The Morgan fingerprint density at radius 1 is 1.08 bits per heavy atom. The second-order valence-electron chi connectivity index (χ2n) is 4.51. The van der Waals surface area contributed by atoms with E-state index < -0.39 is 48.9 Å². The van der Waals surface area contributed by atoms with E-state index in [-0.39, 0.29) is 46.6 Å². The summed E-state index contributed by atoms with van der Waals surface area (Å²) in [6.45, 7) is -0.356. The van der Waals surface area contributed by atoms with E-state index >= 15 is 0 Å². The van der Waals surface area contributed by atoms with Crippen molar-refractivity contribution in [2.75, 3.05) is 18.1 Å². The molecule has 0 saturated heterocycles. The topological polar surface area (TPSA) is 135 Å². The Balaban J connectivity index is 0.00000529. The Morgan fingerprint density at radius 3 is 2.21 bits per heavy atom. The van der Waals surface area contributed by atoms with Gasteiger partial charge in [-0.3, -0.25) is 14.1 Å². The van der Waals surface area contributed by atoms with Crippen molar-refractivity contribution in [3.05, 3.63) is 29.8 Å². The van der Waals surface area contributed by atoms with Gasteiger partial charge in [-0.2, -0.15) is 8.42 Å². The van der Waals surface area contributed by atoms with Crippen molar-refractivity contribution in [3.63, 3.8) is 0 Å². The first-order valence-corrected chi connectivity index (χ1v) is 10.0. The van der Waals surface area contributed by atoms with Gasteiger partial charge in [-0.1, -0.05) is 12.1 Å². The summed E-state index contributed by atoms with van der Waals surface area (Å²) in [5, 5.41) is 1.00. The second-order valence-corrected chi connectivity index (χ2v) is 8.57. The molecule has 24 heavy (non-hydrogen) atoms. The van der Waals surface area contributed by atoms with Crippen molar-refractivity contribution in [2.24, 2.45) is 0 Å². The van der Waals surface area contributed by atoms with Crippen molar-refractivity contribution in [2.45, 2.75) is 11.3 Å². The molecular weight excluding hydrogens is 389 g/mol. The normalized spacial score (nSPS) is 11.4. The first kappa shape index (κ1) is 23.6. The van der Waals surface area contributed by atoms with Crippen LogP contribution in [0.25, 0.3) is 0 Å². The van der Waals surface area contributed by atoms with Gasteiger partial charge >= 0.3 is 29.6 Å². The Labute approximate surface area is 167 Å². The predicted octanol–water partition coefficient (Wildman–Crippen LogP) is -0.724. The average Bonchev–Trinajstić information content (AvgIpc) is 2.44. The van der Waals surface area contributed by atoms with Crippen LogP contribution >= 0.6 is 12.6 Å². The molecule has 1 aromatic carbocycles. The van der Waals surface area contributed by atoms with Crippen molar-refractivity contribution in [1.29, 1.82) is 0 Å². The molecule has 1 rings (SSSR count). The molecule has 8 nitrogen and oxygen atoms in total. The van der Waals surface area contributed by atoms with Gasteiger partial charge in [0.1, 0.15) is 0 Å². The number of amides is 1. The summed E-state index contributed by atoms with van der Waals surface area (Å²) in [7, 11) is -8.41. The van der Waals surface area contributed by atoms with E-state index in [1.54, 1.807) is 6.07 Å². The molecule has 0 aliphatic rings. The fourth-order valence-corrected chi connectivity index (χ4v) is 3.39. The summed E-state index contributed by atoms with van der Waals surface area (Å²) < 4.78 is 53.3. The summed E-state index contributed by atoms with van der Waals surface area (Å²) in [5.74, 6) is -2.15. The molecule has 0 aliphatic heterocycles. The number of thiol groups is 1. The SMILES string of the molecule is O=C(CCS(=O)(=O)C(=O)c1ccccc1S)NCCS(=O)(=O)O.[NaH]. The van der Waals surface area contributed by atoms with Crippen molar-refractivity contribution in [3.8, 4) is 0 Å². The van der Waals surface area contributed by atoms with E-state index in [1.165, 1.54) is 18.2 Å². The van der Waals surface area contributed by atoms with Gasteiger partial charge in [0.2, 0.25) is 15.7 Å². The summed E-state index contributed by atoms with van der Waals surface area (Å²) in [6.07, 6.45) is -0.506. The quantitative estimate of drug-likeness (QED) is 0.309. The molecule has 0 fully saturated rings. The Bertz CT molecular complexity index is 806. The molecule has 1 amide bonds. The van der Waals surface area contributed by atoms with Gasteiger partial charge < -0.3 is 5.32 Å². The molecule has 12 heteroatoms. The number of hydrogen-bond donors (Lipinski definition) is 3. The number of sulfone groups is 1. The first-order valence-electron chi connectivity index (χ1n) is 6.30. The maximum atomic E-state index is 12.0. The van der Waals surface area contributed by atoms with Gasteiger partial charge in [0, 0.05) is 23.4 Å². The fraction of sp³-hybridized carbons (Fsp3) is 0.333. The zero-order chi connectivity index (χ0) is 17.7. The molecule has 0 unspecified atom stereocenters. The number of carbonyl (C=O) groups is 2. The zero-order valence-electron chi connectivity index (χ0n) is 11.8. The molecule has 0 aliphatic carbocycles. The number of hydrogen-bond acceptors (Lipinski definition) is 7. The van der Waals surface area contributed by atoms with Crippen LogP contribution in [0.1, 0.15) is 16.8 Å². The monoisotopic (exact) mass is 405 g/mol. The molecule has 0 aromatic heterocycles. The maximum absolute atomic E-state index is 12.0. The molecule has 0 heterocycles. The van der Waals surface area contributed by atoms with Crippen LogP contribution in [0.4, 0.5) is 0 Å². The summed E-state index contributed by atoms with van der Waals surface area (Å²) >= 11 is 4.01. The minimum atomic E-state index is -4.21. The number of nitrogens with one attached hydrogen (secondary N) is 1. The third-order valence-electron chi connectivity index (χ3n) is 2.69. The van der Waals surface area contributed by atoms with Crippen LogP contribution in [0.15, 0.2) is 29.2 Å². The van der Waals surface area contributed by atoms with Crippen LogP contribution in [0.5, 0.6) is 0 Å². The Morgan fingerprint density at radius 2 is 1.67 bits per heavy atom. The van der Waals surface area contributed by atoms with Gasteiger partial charge in [-0.25, -0.2) is 8.42 Å².